The van der Waals surface area contributed by atoms with E-state index in [0.717, 1.165) is 12.8 Å². The predicted octanol–water partition coefficient (Wildman–Crippen LogP) is 3.03. The van der Waals surface area contributed by atoms with Gasteiger partial charge in [-0.05, 0) is 48.9 Å². The maximum absolute atomic E-state index is 13.0. The van der Waals surface area contributed by atoms with Gasteiger partial charge in [0, 0.05) is 18.2 Å². The minimum Gasteiger partial charge on any atom is -0.350 e. The predicted molar refractivity (Wildman–Crippen MR) is 107 cm³/mol. The summed E-state index contributed by atoms with van der Waals surface area (Å²) in [6.45, 7) is 4.16. The molecule has 7 heteroatoms. The average molecular weight is 400 g/mol. The van der Waals surface area contributed by atoms with Crippen molar-refractivity contribution in [3.8, 4) is 0 Å². The fourth-order valence-corrected chi connectivity index (χ4v) is 3.54. The van der Waals surface area contributed by atoms with Gasteiger partial charge >= 0.3 is 0 Å². The molecule has 0 aliphatic heterocycles. The summed E-state index contributed by atoms with van der Waals surface area (Å²) in [6.07, 6.45) is 5.74. The summed E-state index contributed by atoms with van der Waals surface area (Å²) in [5.74, 6) is -0.683. The number of nitrogens with one attached hydrogen (secondary N) is 2. The van der Waals surface area contributed by atoms with Crippen LogP contribution >= 0.6 is 12.4 Å². The third-order valence-electron chi connectivity index (χ3n) is 5.14. The molecule has 1 fully saturated rings. The van der Waals surface area contributed by atoms with Crippen LogP contribution in [0.5, 0.6) is 0 Å². The number of rotatable bonds is 7. The van der Waals surface area contributed by atoms with Crippen LogP contribution in [0.25, 0.3) is 0 Å². The van der Waals surface area contributed by atoms with E-state index < -0.39 is 11.9 Å². The van der Waals surface area contributed by atoms with E-state index in [1.54, 1.807) is 0 Å². The Hall–Kier alpha value is -1.66. The van der Waals surface area contributed by atoms with Gasteiger partial charge in [-0.1, -0.05) is 33.1 Å². The number of amides is 2. The molecule has 1 aliphatic rings. The van der Waals surface area contributed by atoms with Gasteiger partial charge in [-0.15, -0.1) is 12.4 Å². The molecular weight excluding hydrogens is 369 g/mol. The van der Waals surface area contributed by atoms with E-state index in [4.69, 9.17) is 5.73 Å². The zero-order valence-corrected chi connectivity index (χ0v) is 16.9. The number of carbonyl (C=O) groups excluding carboxylic acids is 2. The topological polar surface area (TPSA) is 84.2 Å². The smallest absolute Gasteiger partial charge is 0.251 e. The van der Waals surface area contributed by atoms with Crippen LogP contribution in [0.1, 0.15) is 56.3 Å². The zero-order valence-electron chi connectivity index (χ0n) is 16.0. The molecule has 0 heterocycles. The lowest BCUT2D eigenvalue weighted by Crippen LogP contribution is -2.55. The molecule has 0 aromatic heterocycles. The maximum Gasteiger partial charge on any atom is 0.251 e. The van der Waals surface area contributed by atoms with Gasteiger partial charge in [-0.3, -0.25) is 9.59 Å². The minimum absolute atomic E-state index is 0. The first kappa shape index (κ1) is 23.4. The largest absolute Gasteiger partial charge is 0.350 e. The van der Waals surface area contributed by atoms with Crippen LogP contribution < -0.4 is 16.4 Å². The van der Waals surface area contributed by atoms with Gasteiger partial charge in [-0.25, -0.2) is 4.39 Å². The number of carbonyl (C=O) groups is 2. The second kappa shape index (κ2) is 11.2. The third kappa shape index (κ3) is 6.78. The molecule has 5 nitrogen and oxygen atoms in total. The molecule has 4 N–H and O–H groups in total. The number of hydrogen-bond acceptors (Lipinski definition) is 3. The van der Waals surface area contributed by atoms with Crippen LogP contribution in [0.4, 0.5) is 4.39 Å². The molecule has 152 valence electrons. The van der Waals surface area contributed by atoms with E-state index in [9.17, 15) is 14.0 Å². The van der Waals surface area contributed by atoms with E-state index >= 15 is 0 Å². The number of benzene rings is 1. The van der Waals surface area contributed by atoms with Gasteiger partial charge < -0.3 is 16.4 Å². The van der Waals surface area contributed by atoms with Gasteiger partial charge in [0.2, 0.25) is 5.91 Å². The summed E-state index contributed by atoms with van der Waals surface area (Å²) in [4.78, 5) is 25.2. The molecule has 0 spiro atoms. The Morgan fingerprint density at radius 2 is 1.70 bits per heavy atom. The normalized spacial score (nSPS) is 16.9. The number of halogens is 2. The molecule has 0 bridgehead atoms. The van der Waals surface area contributed by atoms with Gasteiger partial charge in [-0.2, -0.15) is 0 Å². The summed E-state index contributed by atoms with van der Waals surface area (Å²) in [7, 11) is 0. The molecule has 27 heavy (non-hydrogen) atoms. The van der Waals surface area contributed by atoms with E-state index in [0.29, 0.717) is 18.0 Å². The molecular formula is C20H31ClFN3O2. The Kier molecular flexibility index (Phi) is 9.74. The Morgan fingerprint density at radius 3 is 2.22 bits per heavy atom. The van der Waals surface area contributed by atoms with E-state index in [-0.39, 0.29) is 36.2 Å². The van der Waals surface area contributed by atoms with E-state index in [2.05, 4.69) is 10.6 Å². The lowest BCUT2D eigenvalue weighted by atomic mass is 9.83. The van der Waals surface area contributed by atoms with Crippen molar-refractivity contribution >= 4 is 24.2 Å². The van der Waals surface area contributed by atoms with Gasteiger partial charge in [0.25, 0.3) is 5.91 Å². The van der Waals surface area contributed by atoms with Gasteiger partial charge in [0.05, 0.1) is 0 Å². The third-order valence-corrected chi connectivity index (χ3v) is 5.14. The highest BCUT2D eigenvalue weighted by Gasteiger charge is 2.29. The summed E-state index contributed by atoms with van der Waals surface area (Å²) in [6, 6.07) is 4.55. The standard InChI is InChI=1S/C20H30FN3O2.ClH/c1-13(2)18(24-19(25)15-8-10-16(21)11-9-15)20(26)23-17(12-22)14-6-4-3-5-7-14;/h8-11,13-14,17-18H,3-7,12,22H2,1-2H3,(H,23,26)(H,24,25);1H. The second-order valence-electron chi connectivity index (χ2n) is 7.45. The first-order valence-electron chi connectivity index (χ1n) is 9.49. The Morgan fingerprint density at radius 1 is 1.11 bits per heavy atom. The monoisotopic (exact) mass is 399 g/mol. The molecule has 2 atom stereocenters. The Labute approximate surface area is 167 Å². The van der Waals surface area contributed by atoms with Crippen molar-refractivity contribution in [1.29, 1.82) is 0 Å². The van der Waals surface area contributed by atoms with Gasteiger partial charge in [0.1, 0.15) is 11.9 Å². The molecule has 1 aromatic rings. The summed E-state index contributed by atoms with van der Waals surface area (Å²) >= 11 is 0. The molecule has 1 aliphatic carbocycles. The highest BCUT2D eigenvalue weighted by molar-refractivity contribution is 5.97. The van der Waals surface area contributed by atoms with Crippen LogP contribution in [-0.4, -0.2) is 30.4 Å². The first-order chi connectivity index (χ1) is 12.4. The quantitative estimate of drug-likeness (QED) is 0.658. The molecule has 0 saturated heterocycles. The van der Waals surface area contributed by atoms with E-state index in [1.807, 2.05) is 13.8 Å². The van der Waals surface area contributed by atoms with Gasteiger partial charge in [0.15, 0.2) is 0 Å². The Bertz CT molecular complexity index is 604. The second-order valence-corrected chi connectivity index (χ2v) is 7.45. The SMILES string of the molecule is CC(C)C(NC(=O)c1ccc(F)cc1)C(=O)NC(CN)C1CCCCC1.Cl. The van der Waals surface area contributed by atoms with Crippen LogP contribution in [0.15, 0.2) is 24.3 Å². The van der Waals surface area contributed by atoms with Crippen LogP contribution in [0, 0.1) is 17.7 Å². The van der Waals surface area contributed by atoms with Crippen molar-refractivity contribution < 1.29 is 14.0 Å². The van der Waals surface area contributed by atoms with Crippen molar-refractivity contribution in [2.75, 3.05) is 6.54 Å². The number of hydrogen-bond donors (Lipinski definition) is 3. The van der Waals surface area contributed by atoms with Crippen molar-refractivity contribution in [1.82, 2.24) is 10.6 Å². The molecule has 0 radical (unpaired) electrons. The van der Waals surface area contributed by atoms with Crippen LogP contribution in [0.3, 0.4) is 0 Å². The maximum atomic E-state index is 13.0. The van der Waals surface area contributed by atoms with Crippen molar-refractivity contribution in [3.05, 3.63) is 35.6 Å². The summed E-state index contributed by atoms with van der Waals surface area (Å²) in [5, 5.41) is 5.82. The highest BCUT2D eigenvalue weighted by atomic mass is 35.5. The molecule has 1 saturated carbocycles. The highest BCUT2D eigenvalue weighted by Crippen LogP contribution is 2.26. The average Bonchev–Trinajstić information content (AvgIpc) is 2.64. The molecule has 2 rings (SSSR count). The van der Waals surface area contributed by atoms with Crippen LogP contribution in [-0.2, 0) is 4.79 Å². The molecule has 2 amide bonds. The lowest BCUT2D eigenvalue weighted by Gasteiger charge is -2.32. The van der Waals surface area contributed by atoms with Crippen molar-refractivity contribution in [2.45, 2.75) is 58.0 Å². The Balaban J connectivity index is 0.00000364. The summed E-state index contributed by atoms with van der Waals surface area (Å²) in [5.41, 5.74) is 6.22. The number of nitrogens with two attached hydrogens (primary N) is 1. The first-order valence-corrected chi connectivity index (χ1v) is 9.49. The fourth-order valence-electron chi connectivity index (χ4n) is 3.54. The minimum atomic E-state index is -0.662. The van der Waals surface area contributed by atoms with Crippen molar-refractivity contribution in [2.24, 2.45) is 17.6 Å². The van der Waals surface area contributed by atoms with E-state index in [1.165, 1.54) is 43.5 Å². The molecule has 1 aromatic carbocycles. The van der Waals surface area contributed by atoms with Crippen LogP contribution in [0.2, 0.25) is 0 Å². The molecule has 2 unspecified atom stereocenters. The zero-order chi connectivity index (χ0) is 19.1. The van der Waals surface area contributed by atoms with Crippen molar-refractivity contribution in [3.63, 3.8) is 0 Å². The summed E-state index contributed by atoms with van der Waals surface area (Å²) < 4.78 is 13.0. The fraction of sp³-hybridized carbons (Fsp3) is 0.600. The lowest BCUT2D eigenvalue weighted by molar-refractivity contribution is -0.125.